The van der Waals surface area contributed by atoms with E-state index in [0.717, 1.165) is 22.4 Å². The molecule has 0 aliphatic heterocycles. The van der Waals surface area contributed by atoms with Gasteiger partial charge in [0.05, 0.1) is 21.3 Å². The molecule has 5 heteroatoms. The minimum absolute atomic E-state index is 0.163. The van der Waals surface area contributed by atoms with Crippen LogP contribution >= 0.6 is 0 Å². The molecule has 5 nitrogen and oxygen atoms in total. The summed E-state index contributed by atoms with van der Waals surface area (Å²) in [5.74, 6) is 1.81. The standard InChI is InChI=1S/C19H23NO4/c1-12-9-17(23-4)13(2)8-15(12)11-20-19(21)14-6-7-16(22-3)18(10-14)24-5/h6-10H,11H2,1-5H3,(H,20,21). The molecule has 0 aliphatic rings. The van der Waals surface area contributed by atoms with Crippen molar-refractivity contribution in [1.29, 1.82) is 0 Å². The number of methoxy groups -OCH3 is 3. The van der Waals surface area contributed by atoms with Gasteiger partial charge in [0.25, 0.3) is 5.91 Å². The van der Waals surface area contributed by atoms with Crippen molar-refractivity contribution in [2.75, 3.05) is 21.3 Å². The van der Waals surface area contributed by atoms with E-state index in [-0.39, 0.29) is 5.91 Å². The second-order valence-electron chi connectivity index (χ2n) is 5.50. The van der Waals surface area contributed by atoms with Gasteiger partial charge in [-0.25, -0.2) is 0 Å². The number of aryl methyl sites for hydroxylation is 2. The lowest BCUT2D eigenvalue weighted by atomic mass is 10.0. The molecule has 0 fully saturated rings. The van der Waals surface area contributed by atoms with Crippen molar-refractivity contribution in [2.45, 2.75) is 20.4 Å². The van der Waals surface area contributed by atoms with Crippen molar-refractivity contribution in [3.8, 4) is 17.2 Å². The maximum absolute atomic E-state index is 12.4. The van der Waals surface area contributed by atoms with Gasteiger partial charge in [-0.05, 0) is 54.8 Å². The van der Waals surface area contributed by atoms with E-state index >= 15 is 0 Å². The molecule has 0 radical (unpaired) electrons. The fourth-order valence-corrected chi connectivity index (χ4v) is 2.51. The molecule has 1 amide bonds. The Morgan fingerprint density at radius 1 is 0.875 bits per heavy atom. The zero-order valence-corrected chi connectivity index (χ0v) is 14.7. The molecule has 2 aromatic rings. The summed E-state index contributed by atoms with van der Waals surface area (Å²) in [6.07, 6.45) is 0. The summed E-state index contributed by atoms with van der Waals surface area (Å²) in [4.78, 5) is 12.4. The van der Waals surface area contributed by atoms with Crippen molar-refractivity contribution in [3.63, 3.8) is 0 Å². The molecule has 0 bridgehead atoms. The topological polar surface area (TPSA) is 56.8 Å². The first kappa shape index (κ1) is 17.7. The van der Waals surface area contributed by atoms with Crippen LogP contribution in [0.2, 0.25) is 0 Å². The Labute approximate surface area is 142 Å². The van der Waals surface area contributed by atoms with E-state index in [1.165, 1.54) is 0 Å². The van der Waals surface area contributed by atoms with Gasteiger partial charge in [0.2, 0.25) is 0 Å². The van der Waals surface area contributed by atoms with E-state index in [4.69, 9.17) is 14.2 Å². The van der Waals surface area contributed by atoms with Crippen molar-refractivity contribution in [1.82, 2.24) is 5.32 Å². The van der Waals surface area contributed by atoms with Gasteiger partial charge in [0, 0.05) is 12.1 Å². The second-order valence-corrected chi connectivity index (χ2v) is 5.50. The number of hydrogen-bond acceptors (Lipinski definition) is 4. The van der Waals surface area contributed by atoms with Crippen molar-refractivity contribution < 1.29 is 19.0 Å². The highest BCUT2D eigenvalue weighted by Crippen LogP contribution is 2.27. The minimum atomic E-state index is -0.163. The third kappa shape index (κ3) is 3.79. The fourth-order valence-electron chi connectivity index (χ4n) is 2.51. The molecule has 0 saturated carbocycles. The lowest BCUT2D eigenvalue weighted by molar-refractivity contribution is 0.0950. The highest BCUT2D eigenvalue weighted by atomic mass is 16.5. The fraction of sp³-hybridized carbons (Fsp3) is 0.316. The Bertz CT molecular complexity index is 740. The lowest BCUT2D eigenvalue weighted by Gasteiger charge is -2.13. The number of nitrogens with one attached hydrogen (secondary N) is 1. The summed E-state index contributed by atoms with van der Waals surface area (Å²) in [6, 6.07) is 9.11. The summed E-state index contributed by atoms with van der Waals surface area (Å²) in [6.45, 7) is 4.43. The van der Waals surface area contributed by atoms with E-state index < -0.39 is 0 Å². The Morgan fingerprint density at radius 2 is 1.54 bits per heavy atom. The maximum Gasteiger partial charge on any atom is 0.251 e. The number of amides is 1. The molecular formula is C19H23NO4. The van der Waals surface area contributed by atoms with Crippen LogP contribution in [0.5, 0.6) is 17.2 Å². The van der Waals surface area contributed by atoms with Crippen LogP contribution in [0.4, 0.5) is 0 Å². The molecule has 24 heavy (non-hydrogen) atoms. The normalized spacial score (nSPS) is 10.2. The third-order valence-corrected chi connectivity index (χ3v) is 3.94. The Balaban J connectivity index is 2.12. The molecule has 2 aromatic carbocycles. The number of rotatable bonds is 6. The Kier molecular flexibility index (Phi) is 5.68. The van der Waals surface area contributed by atoms with Crippen LogP contribution in [0.25, 0.3) is 0 Å². The molecule has 128 valence electrons. The van der Waals surface area contributed by atoms with E-state index in [1.807, 2.05) is 26.0 Å². The largest absolute Gasteiger partial charge is 0.496 e. The van der Waals surface area contributed by atoms with Gasteiger partial charge < -0.3 is 19.5 Å². The number of carbonyl (C=O) groups is 1. The van der Waals surface area contributed by atoms with Crippen LogP contribution < -0.4 is 19.5 Å². The molecule has 1 N–H and O–H groups in total. The molecule has 0 aliphatic carbocycles. The summed E-state index contributed by atoms with van der Waals surface area (Å²) in [7, 11) is 4.76. The van der Waals surface area contributed by atoms with Gasteiger partial charge >= 0.3 is 0 Å². The molecule has 0 saturated heterocycles. The van der Waals surface area contributed by atoms with Crippen LogP contribution in [0.15, 0.2) is 30.3 Å². The number of carbonyl (C=O) groups excluding carboxylic acids is 1. The van der Waals surface area contributed by atoms with E-state index in [2.05, 4.69) is 5.32 Å². The van der Waals surface area contributed by atoms with Crippen molar-refractivity contribution in [2.24, 2.45) is 0 Å². The first-order valence-electron chi connectivity index (χ1n) is 7.64. The highest BCUT2D eigenvalue weighted by molar-refractivity contribution is 5.94. The zero-order chi connectivity index (χ0) is 17.7. The molecular weight excluding hydrogens is 306 g/mol. The van der Waals surface area contributed by atoms with Gasteiger partial charge in [-0.15, -0.1) is 0 Å². The summed E-state index contributed by atoms with van der Waals surface area (Å²) in [5, 5.41) is 2.93. The van der Waals surface area contributed by atoms with E-state index in [0.29, 0.717) is 23.6 Å². The van der Waals surface area contributed by atoms with Crippen LogP contribution in [-0.4, -0.2) is 27.2 Å². The van der Waals surface area contributed by atoms with Gasteiger partial charge in [-0.1, -0.05) is 6.07 Å². The maximum atomic E-state index is 12.4. The predicted octanol–water partition coefficient (Wildman–Crippen LogP) is 3.26. The first-order chi connectivity index (χ1) is 11.5. The SMILES string of the molecule is COc1cc(C)c(CNC(=O)c2ccc(OC)c(OC)c2)cc1C. The van der Waals surface area contributed by atoms with Crippen LogP contribution in [0.3, 0.4) is 0 Å². The Hall–Kier alpha value is -2.69. The molecule has 2 rings (SSSR count). The second kappa shape index (κ2) is 7.73. The van der Waals surface area contributed by atoms with Gasteiger partial charge in [0.1, 0.15) is 5.75 Å². The molecule has 0 heterocycles. The summed E-state index contributed by atoms with van der Waals surface area (Å²) < 4.78 is 15.7. The zero-order valence-electron chi connectivity index (χ0n) is 14.7. The van der Waals surface area contributed by atoms with Gasteiger partial charge in [-0.2, -0.15) is 0 Å². The van der Waals surface area contributed by atoms with Crippen LogP contribution in [0.1, 0.15) is 27.0 Å². The summed E-state index contributed by atoms with van der Waals surface area (Å²) in [5.41, 5.74) is 3.70. The van der Waals surface area contributed by atoms with Gasteiger partial charge in [-0.3, -0.25) is 4.79 Å². The predicted molar refractivity (Wildman–Crippen MR) is 93.2 cm³/mol. The number of hydrogen-bond donors (Lipinski definition) is 1. The minimum Gasteiger partial charge on any atom is -0.496 e. The average molecular weight is 329 g/mol. The quantitative estimate of drug-likeness (QED) is 0.884. The number of ether oxygens (including phenoxy) is 3. The Morgan fingerprint density at radius 3 is 2.17 bits per heavy atom. The smallest absolute Gasteiger partial charge is 0.251 e. The molecule has 0 spiro atoms. The van der Waals surface area contributed by atoms with E-state index in [9.17, 15) is 4.79 Å². The monoisotopic (exact) mass is 329 g/mol. The van der Waals surface area contributed by atoms with E-state index in [1.54, 1.807) is 39.5 Å². The third-order valence-electron chi connectivity index (χ3n) is 3.94. The van der Waals surface area contributed by atoms with Crippen molar-refractivity contribution >= 4 is 5.91 Å². The lowest BCUT2D eigenvalue weighted by Crippen LogP contribution is -2.23. The van der Waals surface area contributed by atoms with Gasteiger partial charge in [0.15, 0.2) is 11.5 Å². The number of benzene rings is 2. The van der Waals surface area contributed by atoms with Crippen LogP contribution in [0, 0.1) is 13.8 Å². The molecule has 0 unspecified atom stereocenters. The first-order valence-corrected chi connectivity index (χ1v) is 7.64. The van der Waals surface area contributed by atoms with Crippen molar-refractivity contribution in [3.05, 3.63) is 52.6 Å². The highest BCUT2D eigenvalue weighted by Gasteiger charge is 2.11. The average Bonchev–Trinajstić information content (AvgIpc) is 2.60. The molecule has 0 aromatic heterocycles. The summed E-state index contributed by atoms with van der Waals surface area (Å²) >= 11 is 0. The molecule has 0 atom stereocenters. The van der Waals surface area contributed by atoms with Crippen LogP contribution in [-0.2, 0) is 6.54 Å².